The molecule has 0 aliphatic heterocycles. The van der Waals surface area contributed by atoms with Gasteiger partial charge < -0.3 is 5.73 Å². The van der Waals surface area contributed by atoms with E-state index in [0.29, 0.717) is 16.1 Å². The van der Waals surface area contributed by atoms with E-state index in [1.807, 2.05) is 13.0 Å². The van der Waals surface area contributed by atoms with E-state index in [9.17, 15) is 4.79 Å². The van der Waals surface area contributed by atoms with Gasteiger partial charge in [0, 0.05) is 25.1 Å². The molecule has 0 saturated heterocycles. The van der Waals surface area contributed by atoms with Crippen molar-refractivity contribution in [3.05, 3.63) is 48.5 Å². The molecule has 0 aliphatic rings. The number of ketones is 1. The number of hydrogen-bond donors (Lipinski definition) is 1. The van der Waals surface area contributed by atoms with Crippen LogP contribution in [0.4, 0.5) is 5.69 Å². The van der Waals surface area contributed by atoms with E-state index in [1.165, 1.54) is 11.3 Å². The largest absolute Gasteiger partial charge is 0.399 e. The highest BCUT2D eigenvalue weighted by atomic mass is 79.9. The Labute approximate surface area is 120 Å². The van der Waals surface area contributed by atoms with Gasteiger partial charge in [0.15, 0.2) is 0 Å². The Morgan fingerprint density at radius 2 is 1.94 bits per heavy atom. The summed E-state index contributed by atoms with van der Waals surface area (Å²) in [5.74, 6) is -0.00296. The topological polar surface area (TPSA) is 43.1 Å². The molecule has 1 aromatic heterocycles. The van der Waals surface area contributed by atoms with E-state index in [0.717, 1.165) is 13.8 Å². The van der Waals surface area contributed by atoms with Crippen molar-refractivity contribution in [1.29, 1.82) is 0 Å². The summed E-state index contributed by atoms with van der Waals surface area (Å²) in [5.41, 5.74) is 6.90. The van der Waals surface area contributed by atoms with Crippen molar-refractivity contribution in [2.24, 2.45) is 0 Å². The lowest BCUT2D eigenvalue weighted by atomic mass is 10.1. The molecule has 2 nitrogen and oxygen atoms in total. The van der Waals surface area contributed by atoms with Crippen molar-refractivity contribution in [2.45, 2.75) is 6.92 Å². The molecule has 1 aromatic carbocycles. The predicted octanol–water partition coefficient (Wildman–Crippen LogP) is 4.39. The smallest absolute Gasteiger partial charge is 0.203 e. The number of carbonyl (C=O) groups excluding carboxylic acids is 1. The summed E-state index contributed by atoms with van der Waals surface area (Å²) in [4.78, 5) is 14.0. The number of carbonyl (C=O) groups is 1. The molecule has 88 valence electrons. The normalized spacial score (nSPS) is 10.5. The van der Waals surface area contributed by atoms with Crippen LogP contribution in [0.2, 0.25) is 0 Å². The zero-order valence-electron chi connectivity index (χ0n) is 8.96. The standard InChI is InChI=1S/C12H9Br2NOS/c1-6-10(14)5-11(17-6)12(16)7-2-8(13)4-9(15)3-7/h2-5H,15H2,1H3. The van der Waals surface area contributed by atoms with Crippen molar-refractivity contribution in [1.82, 2.24) is 0 Å². The van der Waals surface area contributed by atoms with Crippen LogP contribution in [-0.2, 0) is 0 Å². The summed E-state index contributed by atoms with van der Waals surface area (Å²) >= 11 is 8.22. The molecule has 2 rings (SSSR count). The van der Waals surface area contributed by atoms with Gasteiger partial charge in [-0.3, -0.25) is 4.79 Å². The second-order valence-electron chi connectivity index (χ2n) is 3.62. The molecular formula is C12H9Br2NOS. The van der Waals surface area contributed by atoms with Crippen molar-refractivity contribution in [3.8, 4) is 0 Å². The highest BCUT2D eigenvalue weighted by molar-refractivity contribution is 9.10. The quantitative estimate of drug-likeness (QED) is 0.625. The Bertz CT molecular complexity index is 552. The van der Waals surface area contributed by atoms with Crippen LogP contribution < -0.4 is 5.73 Å². The highest BCUT2D eigenvalue weighted by Crippen LogP contribution is 2.29. The van der Waals surface area contributed by atoms with Crippen LogP contribution in [0.5, 0.6) is 0 Å². The highest BCUT2D eigenvalue weighted by Gasteiger charge is 2.14. The van der Waals surface area contributed by atoms with Gasteiger partial charge in [0.05, 0.1) is 4.88 Å². The Kier molecular flexibility index (Phi) is 3.70. The fraction of sp³-hybridized carbons (Fsp3) is 0.0833. The number of anilines is 1. The third kappa shape index (κ3) is 2.78. The number of aryl methyl sites for hydroxylation is 1. The minimum Gasteiger partial charge on any atom is -0.399 e. The van der Waals surface area contributed by atoms with Gasteiger partial charge in [-0.25, -0.2) is 0 Å². The Balaban J connectivity index is 2.43. The zero-order valence-corrected chi connectivity index (χ0v) is 12.9. The summed E-state index contributed by atoms with van der Waals surface area (Å²) in [5, 5.41) is 0. The van der Waals surface area contributed by atoms with Gasteiger partial charge in [-0.05, 0) is 47.1 Å². The van der Waals surface area contributed by atoms with Crippen LogP contribution in [0.25, 0.3) is 0 Å². The molecule has 0 aliphatic carbocycles. The summed E-state index contributed by atoms with van der Waals surface area (Å²) in [6.07, 6.45) is 0. The first-order chi connectivity index (χ1) is 7.97. The molecule has 0 saturated carbocycles. The molecule has 0 bridgehead atoms. The number of halogens is 2. The number of rotatable bonds is 2. The third-order valence-electron chi connectivity index (χ3n) is 2.26. The van der Waals surface area contributed by atoms with Gasteiger partial charge in [-0.1, -0.05) is 15.9 Å². The SMILES string of the molecule is Cc1sc(C(=O)c2cc(N)cc(Br)c2)cc1Br. The maximum Gasteiger partial charge on any atom is 0.203 e. The number of nitrogens with two attached hydrogens (primary N) is 1. The van der Waals surface area contributed by atoms with Crippen LogP contribution in [0.15, 0.2) is 33.2 Å². The summed E-state index contributed by atoms with van der Waals surface area (Å²) in [7, 11) is 0. The van der Waals surface area contributed by atoms with Gasteiger partial charge >= 0.3 is 0 Å². The lowest BCUT2D eigenvalue weighted by molar-refractivity contribution is 0.104. The second-order valence-corrected chi connectivity index (χ2v) is 6.64. The average molecular weight is 375 g/mol. The first-order valence-corrected chi connectivity index (χ1v) is 7.24. The number of thiophene rings is 1. The van der Waals surface area contributed by atoms with E-state index in [1.54, 1.807) is 18.2 Å². The van der Waals surface area contributed by atoms with Gasteiger partial charge in [0.2, 0.25) is 5.78 Å². The molecule has 5 heteroatoms. The van der Waals surface area contributed by atoms with E-state index < -0.39 is 0 Å². The Morgan fingerprint density at radius 3 is 2.47 bits per heavy atom. The molecule has 0 radical (unpaired) electrons. The fourth-order valence-electron chi connectivity index (χ4n) is 1.46. The van der Waals surface area contributed by atoms with Crippen molar-refractivity contribution < 1.29 is 4.79 Å². The van der Waals surface area contributed by atoms with Crippen LogP contribution in [0, 0.1) is 6.92 Å². The Hall–Kier alpha value is -0.650. The van der Waals surface area contributed by atoms with Crippen molar-refractivity contribution >= 4 is 54.7 Å². The van der Waals surface area contributed by atoms with Crippen LogP contribution in [0.3, 0.4) is 0 Å². The van der Waals surface area contributed by atoms with Crippen molar-refractivity contribution in [2.75, 3.05) is 5.73 Å². The number of benzene rings is 1. The molecule has 17 heavy (non-hydrogen) atoms. The van der Waals surface area contributed by atoms with E-state index in [4.69, 9.17) is 5.73 Å². The summed E-state index contributed by atoms with van der Waals surface area (Å²) < 4.78 is 1.78. The van der Waals surface area contributed by atoms with Gasteiger partial charge in [0.1, 0.15) is 0 Å². The summed E-state index contributed by atoms with van der Waals surface area (Å²) in [6.45, 7) is 1.97. The van der Waals surface area contributed by atoms with E-state index >= 15 is 0 Å². The predicted molar refractivity (Wildman–Crippen MR) is 78.7 cm³/mol. The average Bonchev–Trinajstić information content (AvgIpc) is 2.57. The molecule has 0 amide bonds. The minimum absolute atomic E-state index is 0.00296. The van der Waals surface area contributed by atoms with Gasteiger partial charge in [0.25, 0.3) is 0 Å². The molecule has 2 aromatic rings. The lowest BCUT2D eigenvalue weighted by Crippen LogP contribution is -2.00. The second kappa shape index (κ2) is 4.92. The molecule has 0 unspecified atom stereocenters. The molecule has 0 fully saturated rings. The first-order valence-electron chi connectivity index (χ1n) is 4.84. The first kappa shape index (κ1) is 12.8. The van der Waals surface area contributed by atoms with E-state index in [-0.39, 0.29) is 5.78 Å². The van der Waals surface area contributed by atoms with Crippen LogP contribution in [-0.4, -0.2) is 5.78 Å². The molecule has 0 spiro atoms. The zero-order chi connectivity index (χ0) is 12.6. The minimum atomic E-state index is -0.00296. The van der Waals surface area contributed by atoms with Crippen LogP contribution >= 0.6 is 43.2 Å². The van der Waals surface area contributed by atoms with Gasteiger partial charge in [-0.2, -0.15) is 0 Å². The Morgan fingerprint density at radius 1 is 1.24 bits per heavy atom. The third-order valence-corrected chi connectivity index (χ3v) is 4.86. The van der Waals surface area contributed by atoms with Crippen LogP contribution in [0.1, 0.15) is 20.1 Å². The number of hydrogen-bond acceptors (Lipinski definition) is 3. The fourth-order valence-corrected chi connectivity index (χ4v) is 3.47. The number of nitrogen functional groups attached to an aromatic ring is 1. The molecule has 1 heterocycles. The van der Waals surface area contributed by atoms with Crippen molar-refractivity contribution in [3.63, 3.8) is 0 Å². The molecule has 2 N–H and O–H groups in total. The van der Waals surface area contributed by atoms with Gasteiger partial charge in [-0.15, -0.1) is 11.3 Å². The molecular weight excluding hydrogens is 366 g/mol. The lowest BCUT2D eigenvalue weighted by Gasteiger charge is -2.01. The maximum atomic E-state index is 12.2. The summed E-state index contributed by atoms with van der Waals surface area (Å²) in [6, 6.07) is 7.09. The monoisotopic (exact) mass is 373 g/mol. The molecule has 0 atom stereocenters. The van der Waals surface area contributed by atoms with E-state index in [2.05, 4.69) is 31.9 Å². The maximum absolute atomic E-state index is 12.2.